The first-order valence-corrected chi connectivity index (χ1v) is 10.1. The van der Waals surface area contributed by atoms with E-state index in [2.05, 4.69) is 45.3 Å². The van der Waals surface area contributed by atoms with Crippen LogP contribution in [0.5, 0.6) is 0 Å². The standard InChI is InChI=1S/C20H34N4O2/c1-3-5-11-23-13-9-21-19(23)7-15-25-17-18-26-16-8-20-22-10-14-24(20)12-6-4-2/h9-10,13-14H,3-8,11-12,15-18H2,1-2H3/p+2. The van der Waals surface area contributed by atoms with E-state index in [0.717, 1.165) is 39.1 Å². The van der Waals surface area contributed by atoms with E-state index in [4.69, 9.17) is 9.47 Å². The van der Waals surface area contributed by atoms with Gasteiger partial charge in [0.1, 0.15) is 24.8 Å². The average molecular weight is 365 g/mol. The Hall–Kier alpha value is -1.66. The maximum Gasteiger partial charge on any atom is 0.256 e. The number of hydrogen-bond donors (Lipinski definition) is 2. The van der Waals surface area contributed by atoms with Crippen molar-refractivity contribution < 1.29 is 18.6 Å². The van der Waals surface area contributed by atoms with Crippen molar-refractivity contribution in [3.05, 3.63) is 36.4 Å². The molecule has 2 aromatic heterocycles. The van der Waals surface area contributed by atoms with E-state index in [1.54, 1.807) is 0 Å². The lowest BCUT2D eigenvalue weighted by Gasteiger charge is -2.05. The van der Waals surface area contributed by atoms with Crippen LogP contribution in [0.25, 0.3) is 0 Å². The van der Waals surface area contributed by atoms with Gasteiger partial charge in [-0.3, -0.25) is 0 Å². The number of nitrogens with one attached hydrogen (secondary N) is 2. The molecule has 2 aromatic rings. The molecule has 2 rings (SSSR count). The van der Waals surface area contributed by atoms with Gasteiger partial charge < -0.3 is 9.47 Å². The van der Waals surface area contributed by atoms with Crippen LogP contribution in [0, 0.1) is 0 Å². The highest BCUT2D eigenvalue weighted by Gasteiger charge is 2.10. The molecule has 146 valence electrons. The Labute approximate surface area is 157 Å². The summed E-state index contributed by atoms with van der Waals surface area (Å²) in [4.78, 5) is 6.61. The molecular formula is C20H36N4O2+2. The molecule has 0 aliphatic heterocycles. The van der Waals surface area contributed by atoms with Crippen LogP contribution in [-0.4, -0.2) is 36.4 Å². The largest absolute Gasteiger partial charge is 0.378 e. The summed E-state index contributed by atoms with van der Waals surface area (Å²) in [5, 5.41) is 0. The zero-order valence-electron chi connectivity index (χ0n) is 16.5. The molecule has 0 fully saturated rings. The monoisotopic (exact) mass is 364 g/mol. The Morgan fingerprint density at radius 1 is 0.731 bits per heavy atom. The first-order chi connectivity index (χ1) is 12.8. The molecule has 6 nitrogen and oxygen atoms in total. The molecule has 0 saturated heterocycles. The summed E-state index contributed by atoms with van der Waals surface area (Å²) in [5.41, 5.74) is 0. The minimum atomic E-state index is 0.649. The van der Waals surface area contributed by atoms with Crippen molar-refractivity contribution in [2.45, 2.75) is 65.5 Å². The highest BCUT2D eigenvalue weighted by molar-refractivity contribution is 4.78. The maximum atomic E-state index is 5.71. The minimum absolute atomic E-state index is 0.649. The van der Waals surface area contributed by atoms with Crippen molar-refractivity contribution in [3.8, 4) is 0 Å². The molecule has 0 unspecified atom stereocenters. The Kier molecular flexibility index (Phi) is 10.1. The lowest BCUT2D eigenvalue weighted by Crippen LogP contribution is -2.36. The van der Waals surface area contributed by atoms with E-state index in [1.165, 1.54) is 37.3 Å². The quantitative estimate of drug-likeness (QED) is 0.376. The molecule has 0 aliphatic carbocycles. The van der Waals surface area contributed by atoms with Crippen LogP contribution >= 0.6 is 0 Å². The van der Waals surface area contributed by atoms with Crippen LogP contribution in [0.2, 0.25) is 0 Å². The Morgan fingerprint density at radius 3 is 1.62 bits per heavy atom. The van der Waals surface area contributed by atoms with E-state index < -0.39 is 0 Å². The number of nitrogens with zero attached hydrogens (tertiary/aromatic N) is 2. The molecule has 2 N–H and O–H groups in total. The van der Waals surface area contributed by atoms with Gasteiger partial charge in [0, 0.05) is 0 Å². The van der Waals surface area contributed by atoms with E-state index in [0.29, 0.717) is 13.2 Å². The number of aryl methyl sites for hydroxylation is 2. The molecule has 2 heterocycles. The van der Waals surface area contributed by atoms with E-state index >= 15 is 0 Å². The average Bonchev–Trinajstić information content (AvgIpc) is 3.29. The van der Waals surface area contributed by atoms with Crippen LogP contribution in [0.15, 0.2) is 24.8 Å². The van der Waals surface area contributed by atoms with Gasteiger partial charge >= 0.3 is 0 Å². The van der Waals surface area contributed by atoms with E-state index in [1.807, 2.05) is 12.4 Å². The number of imidazole rings is 2. The van der Waals surface area contributed by atoms with E-state index in [9.17, 15) is 0 Å². The van der Waals surface area contributed by atoms with Crippen molar-refractivity contribution in [1.29, 1.82) is 0 Å². The van der Waals surface area contributed by atoms with Crippen LogP contribution < -0.4 is 9.13 Å². The minimum Gasteiger partial charge on any atom is -0.378 e. The number of hydrogen-bond acceptors (Lipinski definition) is 2. The Bertz CT molecular complexity index is 542. The van der Waals surface area contributed by atoms with Crippen LogP contribution in [0.4, 0.5) is 0 Å². The summed E-state index contributed by atoms with van der Waals surface area (Å²) >= 11 is 0. The fraction of sp³-hybridized carbons (Fsp3) is 0.700. The van der Waals surface area contributed by atoms with Crippen molar-refractivity contribution in [1.82, 2.24) is 9.97 Å². The first-order valence-electron chi connectivity index (χ1n) is 10.1. The molecule has 0 aliphatic rings. The second-order valence-electron chi connectivity index (χ2n) is 6.63. The van der Waals surface area contributed by atoms with Gasteiger partial charge in [-0.25, -0.2) is 19.1 Å². The highest BCUT2D eigenvalue weighted by atomic mass is 16.5. The number of unbranched alkanes of at least 4 members (excludes halogenated alkanes) is 2. The molecule has 0 saturated carbocycles. The lowest BCUT2D eigenvalue weighted by atomic mass is 10.3. The van der Waals surface area contributed by atoms with Crippen LogP contribution in [-0.2, 0) is 35.4 Å². The molecule has 0 bridgehead atoms. The number of rotatable bonds is 15. The summed E-state index contributed by atoms with van der Waals surface area (Å²) in [5.74, 6) is 2.48. The van der Waals surface area contributed by atoms with Gasteiger partial charge in [0.05, 0.1) is 52.4 Å². The molecular weight excluding hydrogens is 328 g/mol. The number of H-pyrrole nitrogens is 2. The summed E-state index contributed by atoms with van der Waals surface area (Å²) in [7, 11) is 0. The van der Waals surface area contributed by atoms with Crippen molar-refractivity contribution in [3.63, 3.8) is 0 Å². The van der Waals surface area contributed by atoms with Gasteiger partial charge in [-0.05, 0) is 12.8 Å². The van der Waals surface area contributed by atoms with E-state index in [-0.39, 0.29) is 0 Å². The number of ether oxygens (including phenoxy) is 2. The summed E-state index contributed by atoms with van der Waals surface area (Å²) < 4.78 is 16.0. The second-order valence-corrected chi connectivity index (χ2v) is 6.63. The Balaban J connectivity index is 1.51. The number of aromatic nitrogens is 4. The normalized spacial score (nSPS) is 11.3. The third kappa shape index (κ3) is 7.30. The van der Waals surface area contributed by atoms with Crippen LogP contribution in [0.1, 0.15) is 51.2 Å². The smallest absolute Gasteiger partial charge is 0.256 e. The topological polar surface area (TPSA) is 57.8 Å². The maximum absolute atomic E-state index is 5.71. The van der Waals surface area contributed by atoms with Gasteiger partial charge in [0.2, 0.25) is 0 Å². The zero-order valence-corrected chi connectivity index (χ0v) is 16.5. The molecule has 0 radical (unpaired) electrons. The van der Waals surface area contributed by atoms with Gasteiger partial charge in [-0.1, -0.05) is 26.7 Å². The fourth-order valence-electron chi connectivity index (χ4n) is 2.96. The Morgan fingerprint density at radius 2 is 1.19 bits per heavy atom. The molecule has 26 heavy (non-hydrogen) atoms. The summed E-state index contributed by atoms with van der Waals surface area (Å²) in [6.45, 7) is 9.34. The lowest BCUT2D eigenvalue weighted by molar-refractivity contribution is -0.703. The zero-order chi connectivity index (χ0) is 18.5. The van der Waals surface area contributed by atoms with Crippen molar-refractivity contribution in [2.75, 3.05) is 26.4 Å². The van der Waals surface area contributed by atoms with Crippen molar-refractivity contribution in [2.24, 2.45) is 0 Å². The fourth-order valence-corrected chi connectivity index (χ4v) is 2.96. The molecule has 0 spiro atoms. The summed E-state index contributed by atoms with van der Waals surface area (Å²) in [6, 6.07) is 0. The predicted octanol–water partition coefficient (Wildman–Crippen LogP) is 2.34. The molecule has 0 atom stereocenters. The third-order valence-electron chi connectivity index (χ3n) is 4.55. The highest BCUT2D eigenvalue weighted by Crippen LogP contribution is 1.95. The van der Waals surface area contributed by atoms with Gasteiger partial charge in [0.15, 0.2) is 0 Å². The SMILES string of the molecule is CCCC[n+]1cc[nH]c1CCOCCOCCc1[nH]cc[n+]1CCCC. The second kappa shape index (κ2) is 12.7. The predicted molar refractivity (Wildman–Crippen MR) is 101 cm³/mol. The first kappa shape index (κ1) is 20.6. The van der Waals surface area contributed by atoms with Crippen LogP contribution in [0.3, 0.4) is 0 Å². The molecule has 0 aromatic carbocycles. The van der Waals surface area contributed by atoms with Crippen molar-refractivity contribution >= 4 is 0 Å². The van der Waals surface area contributed by atoms with Gasteiger partial charge in [-0.15, -0.1) is 0 Å². The molecule has 0 amide bonds. The third-order valence-corrected chi connectivity index (χ3v) is 4.55. The van der Waals surface area contributed by atoms with Gasteiger partial charge in [0.25, 0.3) is 11.6 Å². The number of aromatic amines is 2. The molecule has 6 heteroatoms. The van der Waals surface area contributed by atoms with Gasteiger partial charge in [-0.2, -0.15) is 0 Å². The summed E-state index contributed by atoms with van der Waals surface area (Å²) in [6.07, 6.45) is 14.9.